The minimum absolute atomic E-state index is 0.158. The zero-order chi connectivity index (χ0) is 20.4. The van der Waals surface area contributed by atoms with Crippen LogP contribution in [-0.4, -0.2) is 45.2 Å². The Kier molecular flexibility index (Phi) is 5.12. The van der Waals surface area contributed by atoms with Crippen LogP contribution >= 0.6 is 0 Å². The van der Waals surface area contributed by atoms with Crippen molar-refractivity contribution in [3.05, 3.63) is 75.8 Å². The van der Waals surface area contributed by atoms with Gasteiger partial charge in [0.1, 0.15) is 5.82 Å². The highest BCUT2D eigenvalue weighted by atomic mass is 16.2. The van der Waals surface area contributed by atoms with Gasteiger partial charge >= 0.3 is 0 Å². The number of carbonyl (C=O) groups excluding carboxylic acids is 2. The Labute approximate surface area is 168 Å². The minimum atomic E-state index is -0.219. The van der Waals surface area contributed by atoms with Gasteiger partial charge in [0.25, 0.3) is 11.5 Å². The standard InChI is InChI=1S/C22H22N4O3/c1-25(14-19-23-18-9-3-2-8-17(18)21(28)24-19)22(29)16-7-4-6-15(12-16)13-26-11-5-10-20(26)27/h2-4,6-9,12H,5,10-11,13-14H2,1H3,(H,23,24,28). The normalized spacial score (nSPS) is 13.8. The first-order chi connectivity index (χ1) is 14.0. The van der Waals surface area contributed by atoms with Gasteiger partial charge in [-0.15, -0.1) is 0 Å². The lowest BCUT2D eigenvalue weighted by Crippen LogP contribution is -2.28. The Morgan fingerprint density at radius 2 is 2.00 bits per heavy atom. The van der Waals surface area contributed by atoms with Crippen molar-refractivity contribution < 1.29 is 9.59 Å². The summed E-state index contributed by atoms with van der Waals surface area (Å²) >= 11 is 0. The second-order valence-corrected chi connectivity index (χ2v) is 7.31. The van der Waals surface area contributed by atoms with Crippen LogP contribution in [0.4, 0.5) is 0 Å². The number of benzene rings is 2. The lowest BCUT2D eigenvalue weighted by Gasteiger charge is -2.19. The Balaban J connectivity index is 1.50. The molecule has 7 nitrogen and oxygen atoms in total. The number of carbonyl (C=O) groups is 2. The molecule has 7 heteroatoms. The molecule has 0 saturated carbocycles. The third-order valence-electron chi connectivity index (χ3n) is 5.11. The summed E-state index contributed by atoms with van der Waals surface area (Å²) in [5.41, 5.74) is 1.85. The molecule has 1 aliphatic heterocycles. The number of amides is 2. The van der Waals surface area contributed by atoms with E-state index >= 15 is 0 Å². The number of nitrogens with zero attached hydrogens (tertiary/aromatic N) is 3. The molecule has 1 N–H and O–H groups in total. The van der Waals surface area contributed by atoms with Crippen LogP contribution in [0.2, 0.25) is 0 Å². The number of nitrogens with one attached hydrogen (secondary N) is 1. The number of para-hydroxylation sites is 1. The third kappa shape index (κ3) is 4.03. The lowest BCUT2D eigenvalue weighted by molar-refractivity contribution is -0.128. The van der Waals surface area contributed by atoms with Crippen molar-refractivity contribution in [2.75, 3.05) is 13.6 Å². The summed E-state index contributed by atoms with van der Waals surface area (Å²) < 4.78 is 0. The molecule has 2 heterocycles. The van der Waals surface area contributed by atoms with E-state index in [0.717, 1.165) is 18.5 Å². The molecule has 1 fully saturated rings. The average Bonchev–Trinajstić information content (AvgIpc) is 3.12. The number of rotatable bonds is 5. The van der Waals surface area contributed by atoms with Crippen molar-refractivity contribution in [1.82, 2.24) is 19.8 Å². The predicted octanol–water partition coefficient (Wildman–Crippen LogP) is 2.32. The molecule has 0 aliphatic carbocycles. The quantitative estimate of drug-likeness (QED) is 0.724. The molecule has 4 rings (SSSR count). The van der Waals surface area contributed by atoms with E-state index in [-0.39, 0.29) is 23.9 Å². The fourth-order valence-corrected chi connectivity index (χ4v) is 3.62. The number of likely N-dealkylation sites (tertiary alicyclic amines) is 1. The molecule has 0 bridgehead atoms. The topological polar surface area (TPSA) is 86.4 Å². The summed E-state index contributed by atoms with van der Waals surface area (Å²) in [6.45, 7) is 1.47. The van der Waals surface area contributed by atoms with Crippen LogP contribution in [-0.2, 0) is 17.9 Å². The molecule has 148 valence electrons. The fraction of sp³-hybridized carbons (Fsp3) is 0.273. The summed E-state index contributed by atoms with van der Waals surface area (Å²) in [7, 11) is 1.67. The van der Waals surface area contributed by atoms with Gasteiger partial charge in [0.05, 0.1) is 17.4 Å². The molecule has 0 spiro atoms. The molecular formula is C22H22N4O3. The molecule has 0 unspecified atom stereocenters. The zero-order valence-corrected chi connectivity index (χ0v) is 16.2. The number of aromatic amines is 1. The first-order valence-corrected chi connectivity index (χ1v) is 9.61. The lowest BCUT2D eigenvalue weighted by atomic mass is 10.1. The van der Waals surface area contributed by atoms with E-state index < -0.39 is 0 Å². The number of H-pyrrole nitrogens is 1. The largest absolute Gasteiger partial charge is 0.338 e. The van der Waals surface area contributed by atoms with E-state index in [4.69, 9.17) is 0 Å². The van der Waals surface area contributed by atoms with Crippen LogP contribution in [0.5, 0.6) is 0 Å². The van der Waals surface area contributed by atoms with Crippen LogP contribution in [0.15, 0.2) is 53.3 Å². The molecule has 0 atom stereocenters. The maximum Gasteiger partial charge on any atom is 0.258 e. The summed E-state index contributed by atoms with van der Waals surface area (Å²) in [4.78, 5) is 47.5. The van der Waals surface area contributed by atoms with Gasteiger partial charge in [-0.2, -0.15) is 0 Å². The van der Waals surface area contributed by atoms with Crippen LogP contribution in [0.25, 0.3) is 10.9 Å². The molecule has 3 aromatic rings. The number of hydrogen-bond acceptors (Lipinski definition) is 4. The highest BCUT2D eigenvalue weighted by Gasteiger charge is 2.21. The maximum absolute atomic E-state index is 12.9. The van der Waals surface area contributed by atoms with Gasteiger partial charge in [-0.3, -0.25) is 14.4 Å². The van der Waals surface area contributed by atoms with E-state index in [0.29, 0.717) is 35.3 Å². The van der Waals surface area contributed by atoms with Gasteiger partial charge in [-0.05, 0) is 36.2 Å². The molecular weight excluding hydrogens is 368 g/mol. The average molecular weight is 390 g/mol. The maximum atomic E-state index is 12.9. The van der Waals surface area contributed by atoms with E-state index in [2.05, 4.69) is 9.97 Å². The van der Waals surface area contributed by atoms with Gasteiger partial charge in [0.2, 0.25) is 5.91 Å². The zero-order valence-electron chi connectivity index (χ0n) is 16.2. The molecule has 2 amide bonds. The van der Waals surface area contributed by atoms with Gasteiger partial charge < -0.3 is 14.8 Å². The highest BCUT2D eigenvalue weighted by Crippen LogP contribution is 2.16. The summed E-state index contributed by atoms with van der Waals surface area (Å²) in [5.74, 6) is 0.420. The minimum Gasteiger partial charge on any atom is -0.338 e. The predicted molar refractivity (Wildman–Crippen MR) is 109 cm³/mol. The monoisotopic (exact) mass is 390 g/mol. The fourth-order valence-electron chi connectivity index (χ4n) is 3.62. The summed E-state index contributed by atoms with van der Waals surface area (Å²) in [6.07, 6.45) is 1.48. The van der Waals surface area contributed by atoms with Crippen LogP contribution in [0.3, 0.4) is 0 Å². The Bertz CT molecular complexity index is 1140. The first-order valence-electron chi connectivity index (χ1n) is 9.61. The highest BCUT2D eigenvalue weighted by molar-refractivity contribution is 5.94. The van der Waals surface area contributed by atoms with E-state index in [9.17, 15) is 14.4 Å². The Morgan fingerprint density at radius 1 is 1.17 bits per heavy atom. The van der Waals surface area contributed by atoms with Crippen molar-refractivity contribution in [2.24, 2.45) is 0 Å². The Hall–Kier alpha value is -3.48. The first kappa shape index (κ1) is 18.9. The SMILES string of the molecule is CN(Cc1nc2ccccc2c(=O)[nH]1)C(=O)c1cccc(CN2CCCC2=O)c1. The molecule has 2 aromatic carbocycles. The molecule has 0 radical (unpaired) electrons. The van der Waals surface area contributed by atoms with E-state index in [1.165, 1.54) is 4.90 Å². The number of aromatic nitrogens is 2. The molecule has 1 aliphatic rings. The van der Waals surface area contributed by atoms with Crippen LogP contribution in [0.1, 0.15) is 34.6 Å². The van der Waals surface area contributed by atoms with Crippen molar-refractivity contribution in [3.8, 4) is 0 Å². The number of fused-ring (bicyclic) bond motifs is 1. The van der Waals surface area contributed by atoms with Crippen LogP contribution in [0, 0.1) is 0 Å². The second-order valence-electron chi connectivity index (χ2n) is 7.31. The van der Waals surface area contributed by atoms with Gasteiger partial charge in [0.15, 0.2) is 0 Å². The van der Waals surface area contributed by atoms with Gasteiger partial charge in [-0.1, -0.05) is 24.3 Å². The Morgan fingerprint density at radius 3 is 2.79 bits per heavy atom. The van der Waals surface area contributed by atoms with Crippen molar-refractivity contribution in [3.63, 3.8) is 0 Å². The summed E-state index contributed by atoms with van der Waals surface area (Å²) in [6, 6.07) is 14.4. The third-order valence-corrected chi connectivity index (χ3v) is 5.11. The number of hydrogen-bond donors (Lipinski definition) is 1. The van der Waals surface area contributed by atoms with E-state index in [1.54, 1.807) is 31.3 Å². The van der Waals surface area contributed by atoms with Crippen LogP contribution < -0.4 is 5.56 Å². The van der Waals surface area contributed by atoms with Crippen molar-refractivity contribution in [1.29, 1.82) is 0 Å². The van der Waals surface area contributed by atoms with Gasteiger partial charge in [-0.25, -0.2) is 4.98 Å². The second kappa shape index (κ2) is 7.87. The van der Waals surface area contributed by atoms with E-state index in [1.807, 2.05) is 29.2 Å². The summed E-state index contributed by atoms with van der Waals surface area (Å²) in [5, 5.41) is 0.523. The van der Waals surface area contributed by atoms with Crippen molar-refractivity contribution in [2.45, 2.75) is 25.9 Å². The van der Waals surface area contributed by atoms with Crippen molar-refractivity contribution >= 4 is 22.7 Å². The smallest absolute Gasteiger partial charge is 0.258 e. The molecule has 29 heavy (non-hydrogen) atoms. The molecule has 1 saturated heterocycles. The van der Waals surface area contributed by atoms with Gasteiger partial charge in [0, 0.05) is 32.1 Å². The molecule has 1 aromatic heterocycles.